The van der Waals surface area contributed by atoms with Gasteiger partial charge in [0.05, 0.1) is 17.3 Å². The number of rotatable bonds is 7. The molecule has 0 aromatic heterocycles. The first-order valence-corrected chi connectivity index (χ1v) is 10.3. The van der Waals surface area contributed by atoms with Crippen LogP contribution >= 0.6 is 0 Å². The number of amides is 1. The molecule has 0 saturated heterocycles. The summed E-state index contributed by atoms with van der Waals surface area (Å²) in [6.45, 7) is 9.01. The average Bonchev–Trinajstić information content (AvgIpc) is 3.00. The predicted octanol–water partition coefficient (Wildman–Crippen LogP) is 4.94. The molecule has 0 spiro atoms. The third-order valence-electron chi connectivity index (χ3n) is 5.50. The smallest absolute Gasteiger partial charge is 0.294 e. The van der Waals surface area contributed by atoms with Crippen LogP contribution in [0.5, 0.6) is 0 Å². The highest BCUT2D eigenvalue weighted by Gasteiger charge is 2.45. The van der Waals surface area contributed by atoms with Crippen molar-refractivity contribution in [2.24, 2.45) is 5.92 Å². The number of ketones is 1. The van der Waals surface area contributed by atoms with E-state index in [4.69, 9.17) is 0 Å². The lowest BCUT2D eigenvalue weighted by molar-refractivity contribution is -0.119. The Morgan fingerprint density at radius 1 is 1.10 bits per heavy atom. The lowest BCUT2D eigenvalue weighted by atomic mass is 9.91. The van der Waals surface area contributed by atoms with E-state index < -0.39 is 41.0 Å². The summed E-state index contributed by atoms with van der Waals surface area (Å²) in [7, 11) is 0. The van der Waals surface area contributed by atoms with Crippen molar-refractivity contribution in [3.63, 3.8) is 0 Å². The van der Waals surface area contributed by atoms with Gasteiger partial charge in [-0.15, -0.1) is 0 Å². The van der Waals surface area contributed by atoms with Crippen molar-refractivity contribution < 1.29 is 23.5 Å². The monoisotopic (exact) mass is 428 g/mol. The molecule has 1 aliphatic heterocycles. The summed E-state index contributed by atoms with van der Waals surface area (Å²) in [4.78, 5) is 29.0. The Hall–Kier alpha value is -3.22. The van der Waals surface area contributed by atoms with Crippen LogP contribution in [0.25, 0.3) is 0 Å². The van der Waals surface area contributed by atoms with E-state index in [1.807, 2.05) is 26.0 Å². The first-order chi connectivity index (χ1) is 14.7. The van der Waals surface area contributed by atoms with Crippen molar-refractivity contribution in [3.05, 3.63) is 71.0 Å². The second-order valence-corrected chi connectivity index (χ2v) is 7.72. The van der Waals surface area contributed by atoms with Gasteiger partial charge >= 0.3 is 0 Å². The van der Waals surface area contributed by atoms with E-state index in [1.54, 1.807) is 26.0 Å². The van der Waals surface area contributed by atoms with Gasteiger partial charge in [-0.3, -0.25) is 14.5 Å². The molecule has 0 radical (unpaired) electrons. The minimum atomic E-state index is -1.02. The number of nitrogens with zero attached hydrogens (tertiary/aromatic N) is 2. The van der Waals surface area contributed by atoms with E-state index in [0.717, 1.165) is 35.8 Å². The Morgan fingerprint density at radius 2 is 1.71 bits per heavy atom. The molecule has 3 rings (SSSR count). The second-order valence-electron chi connectivity index (χ2n) is 7.72. The normalized spacial score (nSPS) is 16.4. The van der Waals surface area contributed by atoms with Crippen LogP contribution in [0, 0.1) is 17.6 Å². The molecule has 31 heavy (non-hydrogen) atoms. The number of carbonyl (C=O) groups is 2. The summed E-state index contributed by atoms with van der Waals surface area (Å²) in [6, 6.07) is 9.05. The fraction of sp³-hybridized carbons (Fsp3) is 0.333. The van der Waals surface area contributed by atoms with Gasteiger partial charge in [0, 0.05) is 30.8 Å². The van der Waals surface area contributed by atoms with E-state index in [-0.39, 0.29) is 11.3 Å². The third-order valence-corrected chi connectivity index (χ3v) is 5.50. The number of hydrogen-bond donors (Lipinski definition) is 1. The van der Waals surface area contributed by atoms with Crippen LogP contribution < -0.4 is 9.80 Å². The second kappa shape index (κ2) is 8.88. The van der Waals surface area contributed by atoms with E-state index in [1.165, 1.54) is 0 Å². The molecule has 1 aliphatic rings. The summed E-state index contributed by atoms with van der Waals surface area (Å²) in [5.41, 5.74) is 1.21. The van der Waals surface area contributed by atoms with Crippen LogP contribution in [0.3, 0.4) is 0 Å². The SMILES string of the molecule is CCN(CC)c1ccc(C2C(C(=O)C(C)C)=C(O)C(=O)N2c2ccc(F)cc2F)cc1. The molecule has 0 fully saturated rings. The highest BCUT2D eigenvalue weighted by molar-refractivity contribution is 6.16. The molecule has 5 nitrogen and oxygen atoms in total. The van der Waals surface area contributed by atoms with Crippen LogP contribution in [0.15, 0.2) is 53.8 Å². The molecule has 1 N–H and O–H groups in total. The predicted molar refractivity (Wildman–Crippen MR) is 116 cm³/mol. The van der Waals surface area contributed by atoms with Gasteiger partial charge in [0.25, 0.3) is 5.91 Å². The van der Waals surface area contributed by atoms with Gasteiger partial charge in [0.1, 0.15) is 11.6 Å². The molecule has 0 saturated carbocycles. The van der Waals surface area contributed by atoms with E-state index in [2.05, 4.69) is 4.90 Å². The third kappa shape index (κ3) is 4.04. The Morgan fingerprint density at radius 3 is 2.23 bits per heavy atom. The van der Waals surface area contributed by atoms with Gasteiger partial charge < -0.3 is 10.0 Å². The Balaban J connectivity index is 2.16. The molecule has 2 aromatic carbocycles. The molecule has 0 aliphatic carbocycles. The average molecular weight is 428 g/mol. The Labute approximate surface area is 180 Å². The molecular weight excluding hydrogens is 402 g/mol. The standard InChI is InChI=1S/C24H26F2N2O3/c1-5-27(6-2)17-10-7-15(8-11-17)21-20(22(29)14(3)4)23(30)24(31)28(21)19-12-9-16(25)13-18(19)26/h7-14,21,30H,5-6H2,1-4H3. The minimum absolute atomic E-state index is 0.0840. The Bertz CT molecular complexity index is 1030. The van der Waals surface area contributed by atoms with Crippen molar-refractivity contribution >= 4 is 23.1 Å². The maximum absolute atomic E-state index is 14.6. The number of benzene rings is 2. The van der Waals surface area contributed by atoms with Gasteiger partial charge in [-0.2, -0.15) is 0 Å². The van der Waals surface area contributed by atoms with Crippen LogP contribution in [0.1, 0.15) is 39.3 Å². The molecule has 7 heteroatoms. The summed E-state index contributed by atoms with van der Waals surface area (Å²) in [6.07, 6.45) is 0. The van der Waals surface area contributed by atoms with Gasteiger partial charge in [-0.25, -0.2) is 8.78 Å². The zero-order valence-corrected chi connectivity index (χ0v) is 18.0. The minimum Gasteiger partial charge on any atom is -0.503 e. The number of Topliss-reactive ketones (excluding diaryl/α,β-unsaturated/α-hetero) is 1. The zero-order chi connectivity index (χ0) is 22.9. The lowest BCUT2D eigenvalue weighted by Crippen LogP contribution is -2.32. The van der Waals surface area contributed by atoms with E-state index in [0.29, 0.717) is 11.6 Å². The van der Waals surface area contributed by atoms with Crippen molar-refractivity contribution in [2.45, 2.75) is 33.7 Å². The van der Waals surface area contributed by atoms with Crippen LogP contribution in [-0.4, -0.2) is 29.9 Å². The fourth-order valence-electron chi connectivity index (χ4n) is 3.86. The molecule has 0 bridgehead atoms. The number of anilines is 2. The maximum Gasteiger partial charge on any atom is 0.294 e. The van der Waals surface area contributed by atoms with E-state index >= 15 is 0 Å². The topological polar surface area (TPSA) is 60.9 Å². The molecule has 2 aromatic rings. The molecule has 1 heterocycles. The molecule has 1 unspecified atom stereocenters. The summed E-state index contributed by atoms with van der Waals surface area (Å²) in [5.74, 6) is -4.24. The summed E-state index contributed by atoms with van der Waals surface area (Å²) < 4.78 is 28.1. The van der Waals surface area contributed by atoms with Crippen LogP contribution in [0.4, 0.5) is 20.2 Å². The lowest BCUT2D eigenvalue weighted by Gasteiger charge is -2.28. The first kappa shape index (κ1) is 22.5. The molecule has 164 valence electrons. The number of halogens is 2. The van der Waals surface area contributed by atoms with Crippen molar-refractivity contribution in [3.8, 4) is 0 Å². The first-order valence-electron chi connectivity index (χ1n) is 10.3. The number of hydrogen-bond acceptors (Lipinski definition) is 4. The van der Waals surface area contributed by atoms with E-state index in [9.17, 15) is 23.5 Å². The van der Waals surface area contributed by atoms with Crippen molar-refractivity contribution in [2.75, 3.05) is 22.9 Å². The molecule has 1 atom stereocenters. The Kier molecular flexibility index (Phi) is 6.43. The molecular formula is C24H26F2N2O3. The number of carbonyl (C=O) groups excluding carboxylic acids is 2. The van der Waals surface area contributed by atoms with Crippen molar-refractivity contribution in [1.82, 2.24) is 0 Å². The summed E-state index contributed by atoms with van der Waals surface area (Å²) >= 11 is 0. The maximum atomic E-state index is 14.6. The van der Waals surface area contributed by atoms with Crippen LogP contribution in [-0.2, 0) is 9.59 Å². The van der Waals surface area contributed by atoms with Crippen LogP contribution in [0.2, 0.25) is 0 Å². The zero-order valence-electron chi connectivity index (χ0n) is 18.0. The van der Waals surface area contributed by atoms with Gasteiger partial charge in [0.15, 0.2) is 11.5 Å². The highest BCUT2D eigenvalue weighted by Crippen LogP contribution is 2.43. The highest BCUT2D eigenvalue weighted by atomic mass is 19.1. The summed E-state index contributed by atoms with van der Waals surface area (Å²) in [5, 5.41) is 10.6. The number of aliphatic hydroxyl groups excluding tert-OH is 1. The molecule has 1 amide bonds. The van der Waals surface area contributed by atoms with Crippen molar-refractivity contribution in [1.29, 1.82) is 0 Å². The fourth-order valence-corrected chi connectivity index (χ4v) is 3.86. The van der Waals surface area contributed by atoms with Gasteiger partial charge in [-0.05, 0) is 43.7 Å². The largest absolute Gasteiger partial charge is 0.503 e. The quantitative estimate of drug-likeness (QED) is 0.679. The van der Waals surface area contributed by atoms with Gasteiger partial charge in [-0.1, -0.05) is 26.0 Å². The number of aliphatic hydroxyl groups is 1. The van der Waals surface area contributed by atoms with Gasteiger partial charge in [0.2, 0.25) is 0 Å².